The number of rotatable bonds is 2. The first kappa shape index (κ1) is 14.0. The van der Waals surface area contributed by atoms with E-state index >= 15 is 0 Å². The van der Waals surface area contributed by atoms with Gasteiger partial charge in [-0.3, -0.25) is 4.79 Å². The van der Waals surface area contributed by atoms with Crippen molar-refractivity contribution in [2.24, 2.45) is 10.8 Å². The van der Waals surface area contributed by atoms with Crippen molar-refractivity contribution in [3.8, 4) is 6.07 Å². The van der Waals surface area contributed by atoms with Crippen LogP contribution in [0.5, 0.6) is 0 Å². The van der Waals surface area contributed by atoms with Gasteiger partial charge in [0.25, 0.3) is 0 Å². The second-order valence-corrected chi connectivity index (χ2v) is 6.55. The van der Waals surface area contributed by atoms with Crippen molar-refractivity contribution in [1.82, 2.24) is 4.90 Å². The molecule has 96 valence electrons. The average Bonchev–Trinajstić information content (AvgIpc) is 2.27. The van der Waals surface area contributed by atoms with Crippen LogP contribution >= 0.6 is 0 Å². The molecule has 0 heterocycles. The fraction of sp³-hybridized carbons (Fsp3) is 0.857. The van der Waals surface area contributed by atoms with E-state index in [9.17, 15) is 4.79 Å². The highest BCUT2D eigenvalue weighted by atomic mass is 16.2. The Morgan fingerprint density at radius 3 is 2.24 bits per heavy atom. The summed E-state index contributed by atoms with van der Waals surface area (Å²) in [5.41, 5.74) is -0.493. The lowest BCUT2D eigenvalue weighted by Gasteiger charge is -2.40. The number of hydrogen-bond donors (Lipinski definition) is 0. The van der Waals surface area contributed by atoms with E-state index in [0.717, 1.165) is 25.7 Å². The number of nitriles is 1. The predicted octanol–water partition coefficient (Wildman–Crippen LogP) is 2.96. The number of nitrogens with zero attached hydrogens (tertiary/aromatic N) is 2. The summed E-state index contributed by atoms with van der Waals surface area (Å²) in [5.74, 6) is -0.0512. The lowest BCUT2D eigenvalue weighted by atomic mass is 9.75. The Kier molecular flexibility index (Phi) is 3.86. The van der Waals surface area contributed by atoms with Gasteiger partial charge in [-0.15, -0.1) is 0 Å². The Hall–Kier alpha value is -1.04. The third kappa shape index (κ3) is 3.21. The summed E-state index contributed by atoms with van der Waals surface area (Å²) in [6.45, 7) is 7.95. The molecule has 1 amide bonds. The zero-order valence-corrected chi connectivity index (χ0v) is 11.7. The normalized spacial score (nSPS) is 20.7. The maximum atomic E-state index is 12.2. The Labute approximate surface area is 105 Å². The molecule has 17 heavy (non-hydrogen) atoms. The van der Waals surface area contributed by atoms with E-state index in [0.29, 0.717) is 11.5 Å². The van der Waals surface area contributed by atoms with Gasteiger partial charge in [-0.05, 0) is 44.9 Å². The molecule has 0 aromatic heterocycles. The van der Waals surface area contributed by atoms with E-state index in [1.807, 2.05) is 7.05 Å². The standard InChI is InChI=1S/C14H24N2O/c1-13(2)8-6-11(7-9-13)16(5)12(17)14(3,4)10-15/h11H,6-9H2,1-5H3. The summed E-state index contributed by atoms with van der Waals surface area (Å²) >= 11 is 0. The molecule has 1 fully saturated rings. The van der Waals surface area contributed by atoms with Crippen LogP contribution in [0, 0.1) is 22.2 Å². The summed E-state index contributed by atoms with van der Waals surface area (Å²) in [6, 6.07) is 2.39. The maximum absolute atomic E-state index is 12.2. The molecule has 0 radical (unpaired) electrons. The topological polar surface area (TPSA) is 44.1 Å². The fourth-order valence-corrected chi connectivity index (χ4v) is 2.43. The highest BCUT2D eigenvalue weighted by molar-refractivity contribution is 5.84. The summed E-state index contributed by atoms with van der Waals surface area (Å²) in [7, 11) is 1.84. The SMILES string of the molecule is CN(C(=O)C(C)(C)C#N)C1CCC(C)(C)CC1. The lowest BCUT2D eigenvalue weighted by Crippen LogP contribution is -2.46. The minimum absolute atomic E-state index is 0.0512. The van der Waals surface area contributed by atoms with Crippen LogP contribution < -0.4 is 0 Å². The van der Waals surface area contributed by atoms with Crippen LogP contribution in [0.2, 0.25) is 0 Å². The van der Waals surface area contributed by atoms with E-state index < -0.39 is 5.41 Å². The van der Waals surface area contributed by atoms with Crippen LogP contribution in [0.3, 0.4) is 0 Å². The van der Waals surface area contributed by atoms with Crippen LogP contribution in [-0.4, -0.2) is 23.9 Å². The molecule has 1 aliphatic carbocycles. The molecule has 3 nitrogen and oxygen atoms in total. The molecular formula is C14H24N2O. The zero-order chi connectivity index (χ0) is 13.3. The van der Waals surface area contributed by atoms with Gasteiger partial charge < -0.3 is 4.90 Å². The van der Waals surface area contributed by atoms with Crippen LogP contribution in [0.1, 0.15) is 53.4 Å². The zero-order valence-electron chi connectivity index (χ0n) is 11.7. The van der Waals surface area contributed by atoms with Crippen molar-refractivity contribution in [2.45, 2.75) is 59.4 Å². The maximum Gasteiger partial charge on any atom is 0.242 e. The summed E-state index contributed by atoms with van der Waals surface area (Å²) < 4.78 is 0. The van der Waals surface area contributed by atoms with Gasteiger partial charge in [0, 0.05) is 13.1 Å². The molecule has 1 aliphatic rings. The largest absolute Gasteiger partial charge is 0.341 e. The molecule has 0 aromatic carbocycles. The molecule has 0 saturated heterocycles. The van der Waals surface area contributed by atoms with Gasteiger partial charge in [-0.25, -0.2) is 0 Å². The number of hydrogen-bond acceptors (Lipinski definition) is 2. The minimum atomic E-state index is -0.901. The van der Waals surface area contributed by atoms with Crippen molar-refractivity contribution in [3.05, 3.63) is 0 Å². The highest BCUT2D eigenvalue weighted by Gasteiger charge is 2.36. The van der Waals surface area contributed by atoms with Crippen molar-refractivity contribution in [1.29, 1.82) is 5.26 Å². The second kappa shape index (κ2) is 4.68. The van der Waals surface area contributed by atoms with Gasteiger partial charge >= 0.3 is 0 Å². The molecule has 1 saturated carbocycles. The van der Waals surface area contributed by atoms with Gasteiger partial charge in [0.1, 0.15) is 5.41 Å². The van der Waals surface area contributed by atoms with Gasteiger partial charge in [0.15, 0.2) is 0 Å². The van der Waals surface area contributed by atoms with E-state index in [1.54, 1.807) is 18.7 Å². The van der Waals surface area contributed by atoms with Gasteiger partial charge in [-0.1, -0.05) is 13.8 Å². The van der Waals surface area contributed by atoms with E-state index in [2.05, 4.69) is 19.9 Å². The van der Waals surface area contributed by atoms with E-state index in [4.69, 9.17) is 5.26 Å². The molecule has 0 aliphatic heterocycles. The smallest absolute Gasteiger partial charge is 0.242 e. The number of carbonyl (C=O) groups is 1. The Morgan fingerprint density at radius 1 is 1.35 bits per heavy atom. The minimum Gasteiger partial charge on any atom is -0.341 e. The lowest BCUT2D eigenvalue weighted by molar-refractivity contribution is -0.139. The highest BCUT2D eigenvalue weighted by Crippen LogP contribution is 2.37. The summed E-state index contributed by atoms with van der Waals surface area (Å²) in [4.78, 5) is 13.9. The third-order valence-corrected chi connectivity index (χ3v) is 3.99. The monoisotopic (exact) mass is 236 g/mol. The first-order valence-electron chi connectivity index (χ1n) is 6.38. The Balaban J connectivity index is 2.64. The molecule has 1 rings (SSSR count). The van der Waals surface area contributed by atoms with Crippen LogP contribution in [0.15, 0.2) is 0 Å². The molecular weight excluding hydrogens is 212 g/mol. The molecule has 0 unspecified atom stereocenters. The van der Waals surface area contributed by atoms with Crippen molar-refractivity contribution in [3.63, 3.8) is 0 Å². The summed E-state index contributed by atoms with van der Waals surface area (Å²) in [6.07, 6.45) is 4.41. The first-order chi connectivity index (χ1) is 7.69. The Morgan fingerprint density at radius 2 is 1.82 bits per heavy atom. The van der Waals surface area contributed by atoms with E-state index in [-0.39, 0.29) is 5.91 Å². The van der Waals surface area contributed by atoms with Gasteiger partial charge in [0.05, 0.1) is 6.07 Å². The van der Waals surface area contributed by atoms with E-state index in [1.165, 1.54) is 0 Å². The van der Waals surface area contributed by atoms with Crippen LogP contribution in [0.25, 0.3) is 0 Å². The molecule has 0 aromatic rings. The number of carbonyl (C=O) groups excluding carboxylic acids is 1. The predicted molar refractivity (Wildman–Crippen MR) is 68.2 cm³/mol. The van der Waals surface area contributed by atoms with Crippen molar-refractivity contribution in [2.75, 3.05) is 7.05 Å². The molecule has 3 heteroatoms. The molecule has 0 atom stereocenters. The molecule has 0 spiro atoms. The molecule has 0 bridgehead atoms. The van der Waals surface area contributed by atoms with Gasteiger partial charge in [0.2, 0.25) is 5.91 Å². The van der Waals surface area contributed by atoms with Crippen molar-refractivity contribution >= 4 is 5.91 Å². The average molecular weight is 236 g/mol. The molecule has 0 N–H and O–H groups in total. The van der Waals surface area contributed by atoms with Crippen LogP contribution in [-0.2, 0) is 4.79 Å². The first-order valence-corrected chi connectivity index (χ1v) is 6.38. The summed E-state index contributed by atoms with van der Waals surface area (Å²) in [5, 5.41) is 9.00. The quantitative estimate of drug-likeness (QED) is 0.740. The number of amides is 1. The van der Waals surface area contributed by atoms with Crippen molar-refractivity contribution < 1.29 is 4.79 Å². The van der Waals surface area contributed by atoms with Crippen LogP contribution in [0.4, 0.5) is 0 Å². The second-order valence-electron chi connectivity index (χ2n) is 6.55. The van der Waals surface area contributed by atoms with Gasteiger partial charge in [-0.2, -0.15) is 5.26 Å². The third-order valence-electron chi connectivity index (χ3n) is 3.99. The fourth-order valence-electron chi connectivity index (χ4n) is 2.43. The Bertz CT molecular complexity index is 329.